The molecule has 4 nitrogen and oxygen atoms in total. The van der Waals surface area contributed by atoms with E-state index in [1.807, 2.05) is 25.1 Å². The van der Waals surface area contributed by atoms with Crippen LogP contribution in [0.25, 0.3) is 0 Å². The first kappa shape index (κ1) is 11.3. The number of benzene rings is 1. The summed E-state index contributed by atoms with van der Waals surface area (Å²) in [5.74, 6) is 1.61. The van der Waals surface area contributed by atoms with Gasteiger partial charge in [-0.05, 0) is 31.2 Å². The van der Waals surface area contributed by atoms with Gasteiger partial charge in [-0.2, -0.15) is 0 Å². The fourth-order valence-electron chi connectivity index (χ4n) is 1.40. The van der Waals surface area contributed by atoms with Crippen LogP contribution in [0.15, 0.2) is 42.6 Å². The van der Waals surface area contributed by atoms with Crippen molar-refractivity contribution in [2.24, 2.45) is 0 Å². The number of nitrogens with two attached hydrogens (primary N) is 1. The van der Waals surface area contributed by atoms with Crippen LogP contribution in [0.3, 0.4) is 0 Å². The van der Waals surface area contributed by atoms with Crippen LogP contribution in [0.5, 0.6) is 17.4 Å². The lowest BCUT2D eigenvalue weighted by atomic mass is 10.3. The molecule has 2 N–H and O–H groups in total. The van der Waals surface area contributed by atoms with E-state index in [0.29, 0.717) is 29.7 Å². The summed E-state index contributed by atoms with van der Waals surface area (Å²) in [4.78, 5) is 4.13. The van der Waals surface area contributed by atoms with E-state index in [1.165, 1.54) is 0 Å². The fraction of sp³-hybridized carbons (Fsp3) is 0.154. The predicted molar refractivity (Wildman–Crippen MR) is 66.3 cm³/mol. The third-order valence-electron chi connectivity index (χ3n) is 2.16. The average molecular weight is 230 g/mol. The highest BCUT2D eigenvalue weighted by molar-refractivity contribution is 5.53. The molecule has 0 unspecified atom stereocenters. The first-order valence-electron chi connectivity index (χ1n) is 5.41. The SMILES string of the molecule is CCOc1cccnc1Oc1ccccc1N. The van der Waals surface area contributed by atoms with Gasteiger partial charge in [0.2, 0.25) is 0 Å². The number of rotatable bonds is 4. The molecule has 17 heavy (non-hydrogen) atoms. The Morgan fingerprint density at radius 3 is 2.65 bits per heavy atom. The van der Waals surface area contributed by atoms with E-state index in [-0.39, 0.29) is 0 Å². The summed E-state index contributed by atoms with van der Waals surface area (Å²) < 4.78 is 11.1. The Balaban J connectivity index is 2.27. The fourth-order valence-corrected chi connectivity index (χ4v) is 1.40. The number of para-hydroxylation sites is 2. The maximum absolute atomic E-state index is 5.80. The van der Waals surface area contributed by atoms with Crippen LogP contribution in [0.2, 0.25) is 0 Å². The molecule has 2 rings (SSSR count). The molecule has 1 aromatic carbocycles. The van der Waals surface area contributed by atoms with E-state index in [9.17, 15) is 0 Å². The van der Waals surface area contributed by atoms with Crippen LogP contribution < -0.4 is 15.2 Å². The van der Waals surface area contributed by atoms with Crippen molar-refractivity contribution in [1.82, 2.24) is 4.98 Å². The van der Waals surface area contributed by atoms with Gasteiger partial charge in [-0.3, -0.25) is 0 Å². The number of aromatic nitrogens is 1. The zero-order chi connectivity index (χ0) is 12.1. The molecule has 88 valence electrons. The minimum Gasteiger partial charge on any atom is -0.488 e. The number of ether oxygens (including phenoxy) is 2. The largest absolute Gasteiger partial charge is 0.488 e. The molecule has 2 aromatic rings. The molecule has 0 spiro atoms. The molecule has 1 aromatic heterocycles. The first-order chi connectivity index (χ1) is 8.31. The zero-order valence-electron chi connectivity index (χ0n) is 9.59. The van der Waals surface area contributed by atoms with Crippen LogP contribution in [0.4, 0.5) is 5.69 Å². The van der Waals surface area contributed by atoms with Gasteiger partial charge in [0.1, 0.15) is 0 Å². The lowest BCUT2D eigenvalue weighted by Gasteiger charge is -2.11. The van der Waals surface area contributed by atoms with E-state index in [1.54, 1.807) is 24.4 Å². The molecule has 0 atom stereocenters. The van der Waals surface area contributed by atoms with Crippen molar-refractivity contribution in [3.63, 3.8) is 0 Å². The normalized spacial score (nSPS) is 9.94. The molecule has 0 fully saturated rings. The first-order valence-corrected chi connectivity index (χ1v) is 5.41. The lowest BCUT2D eigenvalue weighted by molar-refractivity contribution is 0.316. The number of nitrogen functional groups attached to an aromatic ring is 1. The Labute approximate surface area is 100 Å². The summed E-state index contributed by atoms with van der Waals surface area (Å²) >= 11 is 0. The quantitative estimate of drug-likeness (QED) is 0.820. The van der Waals surface area contributed by atoms with Gasteiger partial charge in [0, 0.05) is 6.20 Å². The average Bonchev–Trinajstić information content (AvgIpc) is 2.35. The van der Waals surface area contributed by atoms with Gasteiger partial charge in [0.25, 0.3) is 5.88 Å². The van der Waals surface area contributed by atoms with Gasteiger partial charge in [-0.1, -0.05) is 12.1 Å². The second kappa shape index (κ2) is 5.21. The Hall–Kier alpha value is -2.23. The van der Waals surface area contributed by atoms with Crippen molar-refractivity contribution in [2.45, 2.75) is 6.92 Å². The Bertz CT molecular complexity index is 500. The molecule has 1 heterocycles. The van der Waals surface area contributed by atoms with E-state index >= 15 is 0 Å². The summed E-state index contributed by atoms with van der Waals surface area (Å²) in [6, 6.07) is 10.9. The maximum Gasteiger partial charge on any atom is 0.262 e. The number of hydrogen-bond acceptors (Lipinski definition) is 4. The smallest absolute Gasteiger partial charge is 0.262 e. The molecule has 0 aliphatic heterocycles. The molecule has 4 heteroatoms. The summed E-state index contributed by atoms with van der Waals surface area (Å²) in [7, 11) is 0. The molecule has 0 aliphatic rings. The second-order valence-electron chi connectivity index (χ2n) is 3.38. The minimum atomic E-state index is 0.423. The Morgan fingerprint density at radius 1 is 1.12 bits per heavy atom. The van der Waals surface area contributed by atoms with Crippen molar-refractivity contribution in [2.75, 3.05) is 12.3 Å². The van der Waals surface area contributed by atoms with E-state index < -0.39 is 0 Å². The number of pyridine rings is 1. The van der Waals surface area contributed by atoms with Crippen LogP contribution in [-0.2, 0) is 0 Å². The van der Waals surface area contributed by atoms with Gasteiger partial charge in [0.05, 0.1) is 12.3 Å². The van der Waals surface area contributed by atoms with Crippen LogP contribution in [-0.4, -0.2) is 11.6 Å². The number of nitrogens with zero attached hydrogens (tertiary/aromatic N) is 1. The van der Waals surface area contributed by atoms with Gasteiger partial charge in [-0.25, -0.2) is 4.98 Å². The van der Waals surface area contributed by atoms with Crippen molar-refractivity contribution in [3.8, 4) is 17.4 Å². The second-order valence-corrected chi connectivity index (χ2v) is 3.38. The molecule has 0 amide bonds. The lowest BCUT2D eigenvalue weighted by Crippen LogP contribution is -1.98. The predicted octanol–water partition coefficient (Wildman–Crippen LogP) is 2.85. The van der Waals surface area contributed by atoms with Crippen molar-refractivity contribution >= 4 is 5.69 Å². The molecule has 0 bridgehead atoms. The highest BCUT2D eigenvalue weighted by Crippen LogP contribution is 2.31. The third kappa shape index (κ3) is 2.66. The maximum atomic E-state index is 5.80. The molecule has 0 saturated heterocycles. The van der Waals surface area contributed by atoms with E-state index in [2.05, 4.69) is 4.98 Å². The number of anilines is 1. The van der Waals surface area contributed by atoms with Gasteiger partial charge in [0.15, 0.2) is 11.5 Å². The monoisotopic (exact) mass is 230 g/mol. The molecular weight excluding hydrogens is 216 g/mol. The van der Waals surface area contributed by atoms with Crippen LogP contribution >= 0.6 is 0 Å². The zero-order valence-corrected chi connectivity index (χ0v) is 9.59. The van der Waals surface area contributed by atoms with E-state index in [0.717, 1.165) is 0 Å². The highest BCUT2D eigenvalue weighted by Gasteiger charge is 2.08. The van der Waals surface area contributed by atoms with E-state index in [4.69, 9.17) is 15.2 Å². The van der Waals surface area contributed by atoms with Crippen molar-refractivity contribution in [3.05, 3.63) is 42.6 Å². The summed E-state index contributed by atoms with van der Waals surface area (Å²) in [5.41, 5.74) is 6.37. The molecule has 0 saturated carbocycles. The Morgan fingerprint density at radius 2 is 1.88 bits per heavy atom. The van der Waals surface area contributed by atoms with Crippen LogP contribution in [0.1, 0.15) is 6.92 Å². The minimum absolute atomic E-state index is 0.423. The highest BCUT2D eigenvalue weighted by atomic mass is 16.5. The van der Waals surface area contributed by atoms with Gasteiger partial charge in [-0.15, -0.1) is 0 Å². The summed E-state index contributed by atoms with van der Waals surface area (Å²) in [6.07, 6.45) is 1.65. The van der Waals surface area contributed by atoms with Crippen molar-refractivity contribution in [1.29, 1.82) is 0 Å². The molecular formula is C13H14N2O2. The van der Waals surface area contributed by atoms with Crippen LogP contribution in [0, 0.1) is 0 Å². The molecule has 0 aliphatic carbocycles. The Kier molecular flexibility index (Phi) is 3.45. The summed E-state index contributed by atoms with van der Waals surface area (Å²) in [6.45, 7) is 2.47. The standard InChI is InChI=1S/C13H14N2O2/c1-2-16-12-8-5-9-15-13(12)17-11-7-4-3-6-10(11)14/h3-9H,2,14H2,1H3. The third-order valence-corrected chi connectivity index (χ3v) is 2.16. The number of hydrogen-bond donors (Lipinski definition) is 1. The summed E-state index contributed by atoms with van der Waals surface area (Å²) in [5, 5.41) is 0. The molecule has 0 radical (unpaired) electrons. The van der Waals surface area contributed by atoms with Gasteiger partial charge >= 0.3 is 0 Å². The topological polar surface area (TPSA) is 57.4 Å². The van der Waals surface area contributed by atoms with Crippen molar-refractivity contribution < 1.29 is 9.47 Å². The van der Waals surface area contributed by atoms with Gasteiger partial charge < -0.3 is 15.2 Å².